The first kappa shape index (κ1) is 13.6. The number of nitrogens with two attached hydrogens (primary N) is 1. The second-order valence-corrected chi connectivity index (χ2v) is 5.73. The molecular weight excluding hydrogens is 293 g/mol. The Kier molecular flexibility index (Phi) is 3.59. The van der Waals surface area contributed by atoms with Crippen LogP contribution in [0.4, 0.5) is 15.8 Å². The van der Waals surface area contributed by atoms with Crippen LogP contribution in [0.5, 0.6) is 0 Å². The highest BCUT2D eigenvalue weighted by atomic mass is 35.5. The van der Waals surface area contributed by atoms with E-state index >= 15 is 0 Å². The van der Waals surface area contributed by atoms with Gasteiger partial charge in [-0.15, -0.1) is 0 Å². The first-order chi connectivity index (χ1) is 8.88. The molecular formula is C11H9ClFN3O2S. The molecule has 0 amide bonds. The number of pyridine rings is 1. The molecule has 0 aliphatic heterocycles. The summed E-state index contributed by atoms with van der Waals surface area (Å²) in [6, 6.07) is 6.06. The summed E-state index contributed by atoms with van der Waals surface area (Å²) in [4.78, 5) is 3.60. The zero-order valence-corrected chi connectivity index (χ0v) is 11.0. The van der Waals surface area contributed by atoms with Crippen molar-refractivity contribution in [2.24, 2.45) is 0 Å². The number of nitrogens with zero attached hydrogens (tertiary/aromatic N) is 1. The molecule has 0 spiro atoms. The largest absolute Gasteiger partial charge is 0.396 e. The number of benzene rings is 1. The van der Waals surface area contributed by atoms with Gasteiger partial charge in [-0.05, 0) is 30.3 Å². The lowest BCUT2D eigenvalue weighted by Gasteiger charge is -2.08. The minimum atomic E-state index is -3.85. The van der Waals surface area contributed by atoms with Crippen LogP contribution in [0.25, 0.3) is 0 Å². The molecule has 2 aromatic rings. The van der Waals surface area contributed by atoms with Gasteiger partial charge in [0.25, 0.3) is 10.0 Å². The number of hydrogen-bond donors (Lipinski definition) is 2. The van der Waals surface area contributed by atoms with Crippen LogP contribution < -0.4 is 10.5 Å². The van der Waals surface area contributed by atoms with Crippen LogP contribution in [0.1, 0.15) is 0 Å². The maximum atomic E-state index is 13.0. The third-order valence-electron chi connectivity index (χ3n) is 2.26. The van der Waals surface area contributed by atoms with Gasteiger partial charge in [0.15, 0.2) is 0 Å². The van der Waals surface area contributed by atoms with Gasteiger partial charge in [0, 0.05) is 0 Å². The third kappa shape index (κ3) is 3.12. The number of rotatable bonds is 3. The molecule has 100 valence electrons. The van der Waals surface area contributed by atoms with E-state index in [1.165, 1.54) is 18.3 Å². The average Bonchev–Trinajstić information content (AvgIpc) is 2.35. The van der Waals surface area contributed by atoms with E-state index in [-0.39, 0.29) is 21.4 Å². The van der Waals surface area contributed by atoms with Crippen molar-refractivity contribution < 1.29 is 12.8 Å². The quantitative estimate of drug-likeness (QED) is 0.672. The molecule has 0 saturated heterocycles. The fourth-order valence-corrected chi connectivity index (χ4v) is 2.53. The summed E-state index contributed by atoms with van der Waals surface area (Å²) in [6.45, 7) is 0. The van der Waals surface area contributed by atoms with E-state index in [1.54, 1.807) is 0 Å². The molecule has 0 atom stereocenters. The molecule has 8 heteroatoms. The Morgan fingerprint density at radius 3 is 2.58 bits per heavy atom. The highest BCUT2D eigenvalue weighted by Gasteiger charge is 2.15. The van der Waals surface area contributed by atoms with Gasteiger partial charge in [0.1, 0.15) is 11.0 Å². The second-order valence-electron chi connectivity index (χ2n) is 3.66. The summed E-state index contributed by atoms with van der Waals surface area (Å²) in [5.41, 5.74) is 5.34. The van der Waals surface area contributed by atoms with Gasteiger partial charge in [-0.1, -0.05) is 11.6 Å². The number of anilines is 2. The lowest BCUT2D eigenvalue weighted by molar-refractivity contribution is 0.600. The lowest BCUT2D eigenvalue weighted by atomic mass is 10.3. The Morgan fingerprint density at radius 2 is 2.00 bits per heavy atom. The Balaban J connectivity index is 2.32. The number of hydrogen-bond acceptors (Lipinski definition) is 4. The van der Waals surface area contributed by atoms with E-state index < -0.39 is 15.8 Å². The van der Waals surface area contributed by atoms with Gasteiger partial charge in [0.05, 0.1) is 22.5 Å². The van der Waals surface area contributed by atoms with Gasteiger partial charge in [-0.25, -0.2) is 17.8 Å². The first-order valence-corrected chi connectivity index (χ1v) is 6.94. The molecule has 0 bridgehead atoms. The minimum absolute atomic E-state index is 0.138. The number of aromatic nitrogens is 1. The topological polar surface area (TPSA) is 85.1 Å². The van der Waals surface area contributed by atoms with Crippen molar-refractivity contribution >= 4 is 33.0 Å². The molecule has 1 aromatic carbocycles. The highest BCUT2D eigenvalue weighted by molar-refractivity contribution is 7.92. The van der Waals surface area contributed by atoms with Crippen LogP contribution >= 0.6 is 11.6 Å². The molecule has 3 N–H and O–H groups in total. The number of nitrogen functional groups attached to an aromatic ring is 1. The van der Waals surface area contributed by atoms with Crippen molar-refractivity contribution in [3.63, 3.8) is 0 Å². The summed E-state index contributed by atoms with van der Waals surface area (Å²) in [5.74, 6) is -0.674. The van der Waals surface area contributed by atoms with Gasteiger partial charge >= 0.3 is 0 Å². The van der Waals surface area contributed by atoms with E-state index in [0.29, 0.717) is 0 Å². The van der Waals surface area contributed by atoms with E-state index in [0.717, 1.165) is 18.2 Å². The van der Waals surface area contributed by atoms with Crippen molar-refractivity contribution in [1.29, 1.82) is 0 Å². The normalized spacial score (nSPS) is 11.3. The molecule has 0 radical (unpaired) electrons. The maximum absolute atomic E-state index is 13.0. The van der Waals surface area contributed by atoms with Crippen molar-refractivity contribution in [1.82, 2.24) is 4.98 Å². The van der Waals surface area contributed by atoms with Crippen molar-refractivity contribution in [2.45, 2.75) is 4.90 Å². The predicted octanol–water partition coefficient (Wildman–Crippen LogP) is 2.26. The van der Waals surface area contributed by atoms with Crippen LogP contribution in [0.15, 0.2) is 41.4 Å². The van der Waals surface area contributed by atoms with E-state index in [4.69, 9.17) is 17.3 Å². The van der Waals surface area contributed by atoms with Crippen LogP contribution in [0.2, 0.25) is 5.15 Å². The lowest BCUT2D eigenvalue weighted by Crippen LogP contribution is -2.13. The van der Waals surface area contributed by atoms with E-state index in [9.17, 15) is 12.8 Å². The molecule has 0 aliphatic carbocycles. The Labute approximate surface area is 114 Å². The fraction of sp³-hybridized carbons (Fsp3) is 0. The number of sulfonamides is 1. The molecule has 0 fully saturated rings. The average molecular weight is 302 g/mol. The maximum Gasteiger partial charge on any atom is 0.262 e. The fourth-order valence-electron chi connectivity index (χ4n) is 1.34. The van der Waals surface area contributed by atoms with Crippen LogP contribution in [-0.2, 0) is 10.0 Å². The van der Waals surface area contributed by atoms with Gasteiger partial charge in [-0.2, -0.15) is 0 Å². The zero-order valence-electron chi connectivity index (χ0n) is 9.47. The van der Waals surface area contributed by atoms with Gasteiger partial charge in [-0.3, -0.25) is 4.72 Å². The van der Waals surface area contributed by atoms with Crippen molar-refractivity contribution in [3.8, 4) is 0 Å². The zero-order chi connectivity index (χ0) is 14.0. The molecule has 1 aromatic heterocycles. The van der Waals surface area contributed by atoms with E-state index in [2.05, 4.69) is 9.71 Å². The van der Waals surface area contributed by atoms with Gasteiger partial charge in [0.2, 0.25) is 0 Å². The number of halogens is 2. The van der Waals surface area contributed by atoms with E-state index in [1.807, 2.05) is 0 Å². The Bertz CT molecular complexity index is 704. The summed E-state index contributed by atoms with van der Waals surface area (Å²) in [5, 5.41) is 0.244. The molecule has 0 unspecified atom stereocenters. The Hall–Kier alpha value is -1.86. The molecule has 0 aliphatic rings. The van der Waals surface area contributed by atoms with Gasteiger partial charge < -0.3 is 5.73 Å². The molecule has 2 rings (SSSR count). The van der Waals surface area contributed by atoms with Crippen LogP contribution in [0, 0.1) is 5.82 Å². The smallest absolute Gasteiger partial charge is 0.262 e. The van der Waals surface area contributed by atoms with Crippen LogP contribution in [-0.4, -0.2) is 13.4 Å². The monoisotopic (exact) mass is 301 g/mol. The standard InChI is InChI=1S/C11H9ClFN3O2S/c12-11-4-1-7(6-15-11)16-19(17,18)8-2-3-9(13)10(14)5-8/h1-6,16H,14H2. The number of nitrogens with one attached hydrogen (secondary N) is 1. The Morgan fingerprint density at radius 1 is 1.26 bits per heavy atom. The summed E-state index contributed by atoms with van der Waals surface area (Å²) in [6.07, 6.45) is 1.27. The van der Waals surface area contributed by atoms with Crippen molar-refractivity contribution in [2.75, 3.05) is 10.5 Å². The third-order valence-corrected chi connectivity index (χ3v) is 3.86. The van der Waals surface area contributed by atoms with Crippen LogP contribution in [0.3, 0.4) is 0 Å². The first-order valence-electron chi connectivity index (χ1n) is 5.08. The summed E-state index contributed by atoms with van der Waals surface area (Å²) < 4.78 is 39.3. The molecule has 19 heavy (non-hydrogen) atoms. The minimum Gasteiger partial charge on any atom is -0.396 e. The summed E-state index contributed by atoms with van der Waals surface area (Å²) >= 11 is 5.59. The predicted molar refractivity (Wildman–Crippen MR) is 70.9 cm³/mol. The molecule has 5 nitrogen and oxygen atoms in total. The molecule has 1 heterocycles. The second kappa shape index (κ2) is 5.02. The van der Waals surface area contributed by atoms with Crippen molar-refractivity contribution in [3.05, 3.63) is 47.5 Å². The molecule has 0 saturated carbocycles. The SMILES string of the molecule is Nc1cc(S(=O)(=O)Nc2ccc(Cl)nc2)ccc1F. The highest BCUT2D eigenvalue weighted by Crippen LogP contribution is 2.20. The summed E-state index contributed by atoms with van der Waals surface area (Å²) in [7, 11) is -3.85.